The van der Waals surface area contributed by atoms with Crippen LogP contribution >= 0.6 is 0 Å². The summed E-state index contributed by atoms with van der Waals surface area (Å²) in [5, 5.41) is 5.38. The fraction of sp³-hybridized carbons (Fsp3) is 0.375. The maximum absolute atomic E-state index is 13.2. The molecule has 7 heteroatoms. The average molecular weight is 319 g/mol. The highest BCUT2D eigenvalue weighted by molar-refractivity contribution is 5.98. The topological polar surface area (TPSA) is 70.7 Å². The number of carbonyl (C=O) groups excluding carboxylic acids is 2. The SMILES string of the molecule is CC1=C(C(=O)N2CCOCC2)[C@@H](c2ccc(F)cc2)NC(=O)N1. The summed E-state index contributed by atoms with van der Waals surface area (Å²) in [4.78, 5) is 26.4. The molecule has 2 heterocycles. The fourth-order valence-corrected chi connectivity index (χ4v) is 2.82. The Morgan fingerprint density at radius 3 is 2.57 bits per heavy atom. The van der Waals surface area contributed by atoms with Gasteiger partial charge in [-0.2, -0.15) is 0 Å². The number of halogens is 1. The van der Waals surface area contributed by atoms with Gasteiger partial charge in [0, 0.05) is 18.8 Å². The third-order valence-corrected chi connectivity index (χ3v) is 4.00. The van der Waals surface area contributed by atoms with Gasteiger partial charge in [-0.1, -0.05) is 12.1 Å². The molecule has 0 bridgehead atoms. The number of nitrogens with zero attached hydrogens (tertiary/aromatic N) is 1. The summed E-state index contributed by atoms with van der Waals surface area (Å²) in [5.41, 5.74) is 1.65. The molecule has 1 aromatic carbocycles. The minimum absolute atomic E-state index is 0.146. The molecule has 0 saturated carbocycles. The molecule has 3 rings (SSSR count). The summed E-state index contributed by atoms with van der Waals surface area (Å²) >= 11 is 0. The van der Waals surface area contributed by atoms with Crippen LogP contribution in [0.1, 0.15) is 18.5 Å². The highest BCUT2D eigenvalue weighted by Crippen LogP contribution is 2.28. The molecule has 1 aromatic rings. The molecule has 1 saturated heterocycles. The zero-order valence-electron chi connectivity index (χ0n) is 12.8. The molecule has 0 aromatic heterocycles. The van der Waals surface area contributed by atoms with Gasteiger partial charge in [-0.3, -0.25) is 4.79 Å². The molecule has 1 atom stereocenters. The Labute approximate surface area is 133 Å². The molecule has 3 amide bonds. The van der Waals surface area contributed by atoms with Crippen LogP contribution in [-0.2, 0) is 9.53 Å². The van der Waals surface area contributed by atoms with Crippen LogP contribution in [0.15, 0.2) is 35.5 Å². The van der Waals surface area contributed by atoms with Crippen molar-refractivity contribution in [1.29, 1.82) is 0 Å². The summed E-state index contributed by atoms with van der Waals surface area (Å²) in [6.07, 6.45) is 0. The van der Waals surface area contributed by atoms with Crippen LogP contribution in [0.25, 0.3) is 0 Å². The minimum atomic E-state index is -0.598. The standard InChI is InChI=1S/C16H18FN3O3/c1-10-13(15(21)20-6-8-23-9-7-20)14(19-16(22)18-10)11-2-4-12(17)5-3-11/h2-5,14H,6-9H2,1H3,(H2,18,19,22)/t14-/m1/s1. The van der Waals surface area contributed by atoms with E-state index in [2.05, 4.69) is 10.6 Å². The van der Waals surface area contributed by atoms with Crippen LogP contribution in [0.3, 0.4) is 0 Å². The van der Waals surface area contributed by atoms with E-state index in [0.717, 1.165) is 0 Å². The van der Waals surface area contributed by atoms with Crippen LogP contribution < -0.4 is 10.6 Å². The van der Waals surface area contributed by atoms with Gasteiger partial charge >= 0.3 is 6.03 Å². The second-order valence-corrected chi connectivity index (χ2v) is 5.53. The Morgan fingerprint density at radius 1 is 1.26 bits per heavy atom. The highest BCUT2D eigenvalue weighted by atomic mass is 19.1. The van der Waals surface area contributed by atoms with Crippen molar-refractivity contribution in [2.75, 3.05) is 26.3 Å². The smallest absolute Gasteiger partial charge is 0.319 e. The molecule has 2 aliphatic rings. The molecule has 0 radical (unpaired) electrons. The number of allylic oxidation sites excluding steroid dienone is 1. The Hall–Kier alpha value is -2.41. The van der Waals surface area contributed by atoms with Gasteiger partial charge < -0.3 is 20.3 Å². The van der Waals surface area contributed by atoms with E-state index in [1.165, 1.54) is 12.1 Å². The summed E-state index contributed by atoms with van der Waals surface area (Å²) in [7, 11) is 0. The lowest BCUT2D eigenvalue weighted by Gasteiger charge is -2.33. The lowest BCUT2D eigenvalue weighted by molar-refractivity contribution is -0.131. The summed E-state index contributed by atoms with van der Waals surface area (Å²) in [5.74, 6) is -0.511. The summed E-state index contributed by atoms with van der Waals surface area (Å²) < 4.78 is 18.4. The van der Waals surface area contributed by atoms with Crippen molar-refractivity contribution < 1.29 is 18.7 Å². The van der Waals surface area contributed by atoms with E-state index in [9.17, 15) is 14.0 Å². The molecule has 0 spiro atoms. The number of amides is 3. The number of hydrogen-bond donors (Lipinski definition) is 2. The Bertz CT molecular complexity index is 651. The number of carbonyl (C=O) groups is 2. The van der Waals surface area contributed by atoms with E-state index < -0.39 is 6.04 Å². The van der Waals surface area contributed by atoms with E-state index in [1.54, 1.807) is 24.0 Å². The first kappa shape index (κ1) is 15.5. The monoisotopic (exact) mass is 319 g/mol. The van der Waals surface area contributed by atoms with Crippen LogP contribution in [0, 0.1) is 5.82 Å². The van der Waals surface area contributed by atoms with E-state index in [4.69, 9.17) is 4.74 Å². The number of urea groups is 1. The summed E-state index contributed by atoms with van der Waals surface area (Å²) in [6.45, 7) is 3.72. The van der Waals surface area contributed by atoms with Crippen molar-refractivity contribution in [2.24, 2.45) is 0 Å². The molecular formula is C16H18FN3O3. The minimum Gasteiger partial charge on any atom is -0.378 e. The highest BCUT2D eigenvalue weighted by Gasteiger charge is 2.34. The number of nitrogens with one attached hydrogen (secondary N) is 2. The first-order valence-electron chi connectivity index (χ1n) is 7.47. The predicted molar refractivity (Wildman–Crippen MR) is 80.9 cm³/mol. The van der Waals surface area contributed by atoms with Gasteiger partial charge in [0.05, 0.1) is 24.8 Å². The van der Waals surface area contributed by atoms with Gasteiger partial charge in [0.2, 0.25) is 0 Å². The lowest BCUT2D eigenvalue weighted by Crippen LogP contribution is -2.49. The van der Waals surface area contributed by atoms with Crippen molar-refractivity contribution in [2.45, 2.75) is 13.0 Å². The number of ether oxygens (including phenoxy) is 1. The molecule has 23 heavy (non-hydrogen) atoms. The van der Waals surface area contributed by atoms with Gasteiger partial charge in [0.1, 0.15) is 5.82 Å². The van der Waals surface area contributed by atoms with E-state index in [0.29, 0.717) is 43.1 Å². The molecule has 6 nitrogen and oxygen atoms in total. The Balaban J connectivity index is 1.95. The zero-order valence-corrected chi connectivity index (χ0v) is 12.8. The van der Waals surface area contributed by atoms with Crippen LogP contribution in [0.4, 0.5) is 9.18 Å². The second-order valence-electron chi connectivity index (χ2n) is 5.53. The van der Waals surface area contributed by atoms with Crippen molar-refractivity contribution in [3.8, 4) is 0 Å². The van der Waals surface area contributed by atoms with E-state index in [1.807, 2.05) is 0 Å². The maximum Gasteiger partial charge on any atom is 0.319 e. The number of benzene rings is 1. The average Bonchev–Trinajstić information content (AvgIpc) is 2.55. The third kappa shape index (κ3) is 3.19. The predicted octanol–water partition coefficient (Wildman–Crippen LogP) is 1.31. The van der Waals surface area contributed by atoms with Gasteiger partial charge in [0.25, 0.3) is 5.91 Å². The number of rotatable bonds is 2. The quantitative estimate of drug-likeness (QED) is 0.863. The van der Waals surface area contributed by atoms with Crippen molar-refractivity contribution in [3.63, 3.8) is 0 Å². The lowest BCUT2D eigenvalue weighted by atomic mass is 9.94. The Kier molecular flexibility index (Phi) is 4.29. The fourth-order valence-electron chi connectivity index (χ4n) is 2.82. The normalized spacial score (nSPS) is 21.7. The van der Waals surface area contributed by atoms with Crippen LogP contribution in [0.2, 0.25) is 0 Å². The van der Waals surface area contributed by atoms with Gasteiger partial charge in [0.15, 0.2) is 0 Å². The molecular weight excluding hydrogens is 301 g/mol. The van der Waals surface area contributed by atoms with Gasteiger partial charge in [-0.25, -0.2) is 9.18 Å². The molecule has 0 unspecified atom stereocenters. The maximum atomic E-state index is 13.2. The Morgan fingerprint density at radius 2 is 1.91 bits per heavy atom. The molecule has 122 valence electrons. The molecule has 2 aliphatic heterocycles. The second kappa shape index (κ2) is 6.37. The van der Waals surface area contributed by atoms with E-state index >= 15 is 0 Å². The van der Waals surface area contributed by atoms with Crippen LogP contribution in [-0.4, -0.2) is 43.1 Å². The van der Waals surface area contributed by atoms with Gasteiger partial charge in [-0.05, 0) is 24.6 Å². The first-order chi connectivity index (χ1) is 11.1. The molecule has 0 aliphatic carbocycles. The number of morpholine rings is 1. The van der Waals surface area contributed by atoms with E-state index in [-0.39, 0.29) is 17.8 Å². The largest absolute Gasteiger partial charge is 0.378 e. The van der Waals surface area contributed by atoms with Gasteiger partial charge in [-0.15, -0.1) is 0 Å². The van der Waals surface area contributed by atoms with Crippen molar-refractivity contribution in [3.05, 3.63) is 46.9 Å². The first-order valence-corrected chi connectivity index (χ1v) is 7.47. The number of hydrogen-bond acceptors (Lipinski definition) is 3. The zero-order chi connectivity index (χ0) is 16.4. The van der Waals surface area contributed by atoms with Crippen molar-refractivity contribution >= 4 is 11.9 Å². The van der Waals surface area contributed by atoms with Crippen LogP contribution in [0.5, 0.6) is 0 Å². The van der Waals surface area contributed by atoms with Crippen molar-refractivity contribution in [1.82, 2.24) is 15.5 Å². The third-order valence-electron chi connectivity index (χ3n) is 4.00. The molecule has 1 fully saturated rings. The summed E-state index contributed by atoms with van der Waals surface area (Å²) in [6, 6.07) is 4.80. The molecule has 2 N–H and O–H groups in total.